The molecule has 3 nitrogen and oxygen atoms in total. The monoisotopic (exact) mass is 237 g/mol. The van der Waals surface area contributed by atoms with E-state index < -0.39 is 0 Å². The maximum absolute atomic E-state index is 5.69. The number of likely N-dealkylation sites (tertiary alicyclic amines) is 1. The van der Waals surface area contributed by atoms with E-state index in [0.29, 0.717) is 5.82 Å². The maximum atomic E-state index is 5.69. The third-order valence-corrected chi connectivity index (χ3v) is 3.77. The van der Waals surface area contributed by atoms with Crippen molar-refractivity contribution in [3.05, 3.63) is 23.9 Å². The molecule has 16 heavy (non-hydrogen) atoms. The first-order valence-electron chi connectivity index (χ1n) is 5.74. The van der Waals surface area contributed by atoms with Gasteiger partial charge in [-0.25, -0.2) is 4.98 Å². The summed E-state index contributed by atoms with van der Waals surface area (Å²) in [4.78, 5) is 6.89. The van der Waals surface area contributed by atoms with Crippen LogP contribution in [0.25, 0.3) is 0 Å². The summed E-state index contributed by atoms with van der Waals surface area (Å²) >= 11 is 1.93. The molecule has 0 aliphatic carbocycles. The number of nitrogens with zero attached hydrogens (tertiary/aromatic N) is 2. The molecule has 2 rings (SSSR count). The van der Waals surface area contributed by atoms with Gasteiger partial charge in [0.1, 0.15) is 5.82 Å². The van der Waals surface area contributed by atoms with Crippen molar-refractivity contribution < 1.29 is 0 Å². The van der Waals surface area contributed by atoms with E-state index in [9.17, 15) is 0 Å². The second-order valence-corrected chi connectivity index (χ2v) is 5.19. The Balaban J connectivity index is 1.98. The second kappa shape index (κ2) is 5.55. The van der Waals surface area contributed by atoms with Crippen molar-refractivity contribution in [2.24, 2.45) is 0 Å². The zero-order valence-electron chi connectivity index (χ0n) is 9.72. The quantitative estimate of drug-likeness (QED) is 0.869. The van der Waals surface area contributed by atoms with Crippen LogP contribution in [0, 0.1) is 0 Å². The zero-order chi connectivity index (χ0) is 11.4. The molecule has 1 unspecified atom stereocenters. The lowest BCUT2D eigenvalue weighted by atomic mass is 10.2. The van der Waals surface area contributed by atoms with Crippen LogP contribution >= 0.6 is 11.8 Å². The number of nitrogens with two attached hydrogens (primary N) is 1. The summed E-state index contributed by atoms with van der Waals surface area (Å²) < 4.78 is 0. The molecule has 1 atom stereocenters. The summed E-state index contributed by atoms with van der Waals surface area (Å²) in [6.45, 7) is 2.14. The number of rotatable bonds is 4. The molecule has 1 aliphatic heterocycles. The van der Waals surface area contributed by atoms with E-state index in [1.807, 2.05) is 23.9 Å². The van der Waals surface area contributed by atoms with Crippen LogP contribution in [-0.4, -0.2) is 34.5 Å². The zero-order valence-corrected chi connectivity index (χ0v) is 10.5. The predicted molar refractivity (Wildman–Crippen MR) is 70.5 cm³/mol. The highest BCUT2D eigenvalue weighted by atomic mass is 32.2. The molecule has 1 saturated heterocycles. The van der Waals surface area contributed by atoms with E-state index >= 15 is 0 Å². The summed E-state index contributed by atoms with van der Waals surface area (Å²) in [5, 5.41) is 0. The van der Waals surface area contributed by atoms with Crippen molar-refractivity contribution in [2.75, 3.05) is 24.3 Å². The van der Waals surface area contributed by atoms with Gasteiger partial charge in [0, 0.05) is 18.3 Å². The lowest BCUT2D eigenvalue weighted by molar-refractivity contribution is 0.261. The number of thioether (sulfide) groups is 1. The molecule has 2 heterocycles. The molecule has 0 amide bonds. The van der Waals surface area contributed by atoms with Crippen molar-refractivity contribution in [2.45, 2.75) is 25.4 Å². The third kappa shape index (κ3) is 2.89. The number of aromatic nitrogens is 1. The molecule has 1 aromatic rings. The summed E-state index contributed by atoms with van der Waals surface area (Å²) in [7, 11) is 0. The van der Waals surface area contributed by atoms with Gasteiger partial charge in [-0.2, -0.15) is 11.8 Å². The minimum Gasteiger partial charge on any atom is -0.384 e. The molecule has 2 N–H and O–H groups in total. The molecule has 0 spiro atoms. The Bertz CT molecular complexity index is 343. The van der Waals surface area contributed by atoms with Crippen LogP contribution in [0.2, 0.25) is 0 Å². The molecule has 0 bridgehead atoms. The highest BCUT2D eigenvalue weighted by Gasteiger charge is 2.23. The summed E-state index contributed by atoms with van der Waals surface area (Å²) in [5.74, 6) is 1.85. The maximum Gasteiger partial charge on any atom is 0.123 e. The predicted octanol–water partition coefficient (Wildman–Crippen LogP) is 1.99. The second-order valence-electron chi connectivity index (χ2n) is 4.28. The Labute approximate surface area is 101 Å². The minimum atomic E-state index is 0.623. The smallest absolute Gasteiger partial charge is 0.123 e. The Morgan fingerprint density at radius 2 is 2.44 bits per heavy atom. The summed E-state index contributed by atoms with van der Waals surface area (Å²) in [6.07, 6.45) is 4.81. The van der Waals surface area contributed by atoms with Crippen LogP contribution in [0.5, 0.6) is 0 Å². The Morgan fingerprint density at radius 3 is 3.19 bits per heavy atom. The van der Waals surface area contributed by atoms with E-state index in [1.54, 1.807) is 0 Å². The van der Waals surface area contributed by atoms with Gasteiger partial charge in [0.25, 0.3) is 0 Å². The van der Waals surface area contributed by atoms with Crippen LogP contribution < -0.4 is 5.73 Å². The molecule has 4 heteroatoms. The average Bonchev–Trinajstić information content (AvgIpc) is 2.66. The Morgan fingerprint density at radius 1 is 1.56 bits per heavy atom. The molecule has 0 aromatic carbocycles. The fraction of sp³-hybridized carbons (Fsp3) is 0.583. The highest BCUT2D eigenvalue weighted by Crippen LogP contribution is 2.22. The van der Waals surface area contributed by atoms with E-state index in [0.717, 1.165) is 18.3 Å². The van der Waals surface area contributed by atoms with Gasteiger partial charge in [-0.05, 0) is 37.8 Å². The number of hydrogen-bond acceptors (Lipinski definition) is 4. The lowest BCUT2D eigenvalue weighted by Crippen LogP contribution is -2.31. The summed E-state index contributed by atoms with van der Waals surface area (Å²) in [6, 6.07) is 6.60. The van der Waals surface area contributed by atoms with Gasteiger partial charge < -0.3 is 5.73 Å². The van der Waals surface area contributed by atoms with Gasteiger partial charge in [0.2, 0.25) is 0 Å². The van der Waals surface area contributed by atoms with Crippen molar-refractivity contribution in [1.29, 1.82) is 0 Å². The van der Waals surface area contributed by atoms with Crippen LogP contribution in [-0.2, 0) is 6.54 Å². The molecule has 1 aliphatic rings. The Kier molecular flexibility index (Phi) is 4.07. The van der Waals surface area contributed by atoms with E-state index in [4.69, 9.17) is 5.73 Å². The van der Waals surface area contributed by atoms with Gasteiger partial charge in [-0.15, -0.1) is 0 Å². The molecule has 88 valence electrons. The largest absolute Gasteiger partial charge is 0.384 e. The van der Waals surface area contributed by atoms with Gasteiger partial charge >= 0.3 is 0 Å². The molecule has 1 aromatic heterocycles. The van der Waals surface area contributed by atoms with Crippen LogP contribution in [0.1, 0.15) is 18.5 Å². The molecule has 0 radical (unpaired) electrons. The summed E-state index contributed by atoms with van der Waals surface area (Å²) in [5.41, 5.74) is 6.78. The number of hydrogen-bond donors (Lipinski definition) is 1. The van der Waals surface area contributed by atoms with Crippen molar-refractivity contribution >= 4 is 17.6 Å². The van der Waals surface area contributed by atoms with Crippen molar-refractivity contribution in [3.8, 4) is 0 Å². The SMILES string of the molecule is CSCC1CCCN1Cc1cccc(N)n1. The standard InChI is InChI=1S/C12H19N3S/c1-16-9-11-5-3-7-15(11)8-10-4-2-6-12(13)14-10/h2,4,6,11H,3,5,7-9H2,1H3,(H2,13,14). The first-order valence-corrected chi connectivity index (χ1v) is 7.13. The number of nitrogen functional groups attached to an aromatic ring is 1. The number of anilines is 1. The molecular formula is C12H19N3S. The van der Waals surface area contributed by atoms with E-state index in [2.05, 4.69) is 22.2 Å². The van der Waals surface area contributed by atoms with Crippen LogP contribution in [0.4, 0.5) is 5.82 Å². The van der Waals surface area contributed by atoms with Crippen molar-refractivity contribution in [3.63, 3.8) is 0 Å². The fourth-order valence-electron chi connectivity index (χ4n) is 2.28. The van der Waals surface area contributed by atoms with E-state index in [-0.39, 0.29) is 0 Å². The van der Waals surface area contributed by atoms with Gasteiger partial charge in [-0.1, -0.05) is 6.07 Å². The Hall–Kier alpha value is -0.740. The normalized spacial score (nSPS) is 21.4. The van der Waals surface area contributed by atoms with Crippen LogP contribution in [0.3, 0.4) is 0 Å². The first kappa shape index (κ1) is 11.7. The van der Waals surface area contributed by atoms with Gasteiger partial charge in [0.15, 0.2) is 0 Å². The molecule has 0 saturated carbocycles. The first-order chi connectivity index (χ1) is 7.79. The van der Waals surface area contributed by atoms with Crippen molar-refractivity contribution in [1.82, 2.24) is 9.88 Å². The highest BCUT2D eigenvalue weighted by molar-refractivity contribution is 7.98. The average molecular weight is 237 g/mol. The van der Waals surface area contributed by atoms with E-state index in [1.165, 1.54) is 25.1 Å². The number of pyridine rings is 1. The topological polar surface area (TPSA) is 42.1 Å². The fourth-order valence-corrected chi connectivity index (χ4v) is 3.04. The van der Waals surface area contributed by atoms with Gasteiger partial charge in [-0.3, -0.25) is 4.90 Å². The van der Waals surface area contributed by atoms with Gasteiger partial charge in [0.05, 0.1) is 5.69 Å². The third-order valence-electron chi connectivity index (χ3n) is 3.05. The lowest BCUT2D eigenvalue weighted by Gasteiger charge is -2.23. The molecule has 1 fully saturated rings. The molecular weight excluding hydrogens is 218 g/mol. The minimum absolute atomic E-state index is 0.623. The van der Waals surface area contributed by atoms with Crippen LogP contribution in [0.15, 0.2) is 18.2 Å².